The maximum atomic E-state index is 5.31. The number of hydrogen-bond donors (Lipinski definition) is 0. The first-order valence-electron chi connectivity index (χ1n) is 14.1. The lowest BCUT2D eigenvalue weighted by Gasteiger charge is -2.14. The summed E-state index contributed by atoms with van der Waals surface area (Å²) in [6.45, 7) is 0. The summed E-state index contributed by atoms with van der Waals surface area (Å²) in [5.41, 5.74) is 5.74. The van der Waals surface area contributed by atoms with E-state index in [1.807, 2.05) is 0 Å². The smallest absolute Gasteiger partial charge is 0.138 e. The molecule has 7 aromatic carbocycles. The fraction of sp³-hybridized carbons (Fsp3) is 0. The molecule has 0 aliphatic rings. The Kier molecular flexibility index (Phi) is 4.64. The Hall–Kier alpha value is -5.47. The number of nitrogens with zero attached hydrogens (tertiary/aromatic N) is 2. The number of para-hydroxylation sites is 1. The highest BCUT2D eigenvalue weighted by atomic mass is 15.1. The molecule has 2 aromatic heterocycles. The molecule has 0 atom stereocenters. The number of fused-ring (bicyclic) bond motifs is 9. The van der Waals surface area contributed by atoms with Crippen LogP contribution in [0.5, 0.6) is 0 Å². The predicted octanol–water partition coefficient (Wildman–Crippen LogP) is 10.5. The molecule has 0 amide bonds. The molecule has 0 radical (unpaired) electrons. The third-order valence-corrected chi connectivity index (χ3v) is 8.56. The van der Waals surface area contributed by atoms with Crippen LogP contribution >= 0.6 is 0 Å². The van der Waals surface area contributed by atoms with E-state index < -0.39 is 0 Å². The molecule has 0 fully saturated rings. The quantitative estimate of drug-likeness (QED) is 0.222. The van der Waals surface area contributed by atoms with E-state index in [-0.39, 0.29) is 0 Å². The highest BCUT2D eigenvalue weighted by Gasteiger charge is 2.19. The van der Waals surface area contributed by atoms with Crippen molar-refractivity contribution in [3.05, 3.63) is 146 Å². The van der Waals surface area contributed by atoms with E-state index in [9.17, 15) is 0 Å². The van der Waals surface area contributed by atoms with Gasteiger partial charge in [-0.1, -0.05) is 121 Å². The molecule has 9 aromatic rings. The first-order chi connectivity index (χ1) is 20.3. The van der Waals surface area contributed by atoms with Gasteiger partial charge in [0.25, 0.3) is 0 Å². The molecule has 0 unspecified atom stereocenters. The Morgan fingerprint density at radius 2 is 0.902 bits per heavy atom. The van der Waals surface area contributed by atoms with Crippen LogP contribution < -0.4 is 0 Å². The minimum Gasteiger partial charge on any atom is -0.294 e. The molecule has 0 saturated carbocycles. The molecule has 41 heavy (non-hydrogen) atoms. The normalized spacial score (nSPS) is 11.9. The van der Waals surface area contributed by atoms with Crippen LogP contribution in [-0.2, 0) is 0 Å². The Morgan fingerprint density at radius 1 is 0.390 bits per heavy atom. The van der Waals surface area contributed by atoms with Crippen LogP contribution in [0, 0.1) is 0 Å². The van der Waals surface area contributed by atoms with E-state index in [1.165, 1.54) is 65.3 Å². The van der Waals surface area contributed by atoms with Crippen molar-refractivity contribution in [2.45, 2.75) is 0 Å². The molecule has 0 N–H and O–H groups in total. The Balaban J connectivity index is 1.47. The molecule has 0 spiro atoms. The van der Waals surface area contributed by atoms with Gasteiger partial charge in [0, 0.05) is 16.2 Å². The van der Waals surface area contributed by atoms with Gasteiger partial charge in [0.2, 0.25) is 0 Å². The monoisotopic (exact) mass is 520 g/mol. The van der Waals surface area contributed by atoms with E-state index in [0.717, 1.165) is 16.7 Å². The number of hydrogen-bond acceptors (Lipinski definition) is 1. The van der Waals surface area contributed by atoms with Gasteiger partial charge in [-0.05, 0) is 67.7 Å². The average molecular weight is 521 g/mol. The lowest BCUT2D eigenvalue weighted by molar-refractivity contribution is 1.10. The maximum absolute atomic E-state index is 5.31. The molecular weight excluding hydrogens is 496 g/mol. The molecule has 190 valence electrons. The SMILES string of the molecule is c1ccc2c(-c3cc(-n4c5ccc6ccccc6c5c5c6ccccc6ccc54)nc4ccccc34)cccc2c1. The van der Waals surface area contributed by atoms with Crippen LogP contribution in [-0.4, -0.2) is 9.55 Å². The Bertz CT molecular complexity index is 2380. The molecule has 0 saturated heterocycles. The van der Waals surface area contributed by atoms with E-state index >= 15 is 0 Å². The average Bonchev–Trinajstić information content (AvgIpc) is 3.39. The lowest BCUT2D eigenvalue weighted by Crippen LogP contribution is -1.99. The van der Waals surface area contributed by atoms with Gasteiger partial charge in [0.15, 0.2) is 0 Å². The van der Waals surface area contributed by atoms with Crippen molar-refractivity contribution in [2.24, 2.45) is 0 Å². The first-order valence-corrected chi connectivity index (χ1v) is 14.1. The van der Waals surface area contributed by atoms with Crippen molar-refractivity contribution >= 4 is 65.0 Å². The van der Waals surface area contributed by atoms with Crippen molar-refractivity contribution in [1.29, 1.82) is 0 Å². The van der Waals surface area contributed by atoms with Crippen LogP contribution in [0.1, 0.15) is 0 Å². The third kappa shape index (κ3) is 3.22. The van der Waals surface area contributed by atoms with Gasteiger partial charge in [0.05, 0.1) is 16.6 Å². The number of rotatable bonds is 2. The van der Waals surface area contributed by atoms with Crippen LogP contribution in [0.2, 0.25) is 0 Å². The van der Waals surface area contributed by atoms with Crippen LogP contribution in [0.25, 0.3) is 82.0 Å². The van der Waals surface area contributed by atoms with E-state index in [0.29, 0.717) is 0 Å². The van der Waals surface area contributed by atoms with Crippen LogP contribution in [0.4, 0.5) is 0 Å². The van der Waals surface area contributed by atoms with Crippen molar-refractivity contribution in [3.63, 3.8) is 0 Å². The van der Waals surface area contributed by atoms with E-state index in [1.54, 1.807) is 0 Å². The minimum atomic E-state index is 0.928. The molecule has 2 nitrogen and oxygen atoms in total. The van der Waals surface area contributed by atoms with Gasteiger partial charge in [0.1, 0.15) is 5.82 Å². The van der Waals surface area contributed by atoms with Gasteiger partial charge in [-0.2, -0.15) is 0 Å². The topological polar surface area (TPSA) is 17.8 Å². The zero-order valence-electron chi connectivity index (χ0n) is 22.3. The largest absolute Gasteiger partial charge is 0.294 e. The summed E-state index contributed by atoms with van der Waals surface area (Å²) in [5.74, 6) is 0.928. The lowest BCUT2D eigenvalue weighted by atomic mass is 9.95. The summed E-state index contributed by atoms with van der Waals surface area (Å²) in [6.07, 6.45) is 0. The van der Waals surface area contributed by atoms with Crippen molar-refractivity contribution in [3.8, 4) is 16.9 Å². The van der Waals surface area contributed by atoms with Gasteiger partial charge >= 0.3 is 0 Å². The first kappa shape index (κ1) is 22.4. The number of aromatic nitrogens is 2. The standard InChI is InChI=1S/C39H24N2/c1-4-14-28-25(10-1)13-9-18-31(28)33-24-37(40-34-19-8-7-17-32(33)34)41-35-22-20-26-11-2-5-15-29(26)38(35)39-30-16-6-3-12-27(30)21-23-36(39)41/h1-24H. The van der Waals surface area contributed by atoms with Gasteiger partial charge in [-0.15, -0.1) is 0 Å². The summed E-state index contributed by atoms with van der Waals surface area (Å²) in [7, 11) is 0. The summed E-state index contributed by atoms with van der Waals surface area (Å²) < 4.78 is 2.37. The van der Waals surface area contributed by atoms with Crippen molar-refractivity contribution < 1.29 is 0 Å². The summed E-state index contributed by atoms with van der Waals surface area (Å²) >= 11 is 0. The molecule has 0 aliphatic heterocycles. The van der Waals surface area contributed by atoms with E-state index in [4.69, 9.17) is 4.98 Å². The second-order valence-electron chi connectivity index (χ2n) is 10.8. The summed E-state index contributed by atoms with van der Waals surface area (Å²) in [4.78, 5) is 5.31. The second kappa shape index (κ2) is 8.51. The molecule has 0 bridgehead atoms. The Morgan fingerprint density at radius 3 is 1.56 bits per heavy atom. The predicted molar refractivity (Wildman–Crippen MR) is 174 cm³/mol. The van der Waals surface area contributed by atoms with Crippen LogP contribution in [0.15, 0.2) is 146 Å². The highest BCUT2D eigenvalue weighted by molar-refractivity contribution is 6.28. The Labute approximate surface area is 236 Å². The van der Waals surface area contributed by atoms with Crippen molar-refractivity contribution in [2.75, 3.05) is 0 Å². The molecule has 2 heterocycles. The second-order valence-corrected chi connectivity index (χ2v) is 10.8. The van der Waals surface area contributed by atoms with E-state index in [2.05, 4.69) is 150 Å². The fourth-order valence-corrected chi connectivity index (χ4v) is 6.75. The van der Waals surface area contributed by atoms with Gasteiger partial charge in [-0.3, -0.25) is 4.57 Å². The summed E-state index contributed by atoms with van der Waals surface area (Å²) in [5, 5.41) is 11.2. The maximum Gasteiger partial charge on any atom is 0.138 e. The summed E-state index contributed by atoms with van der Waals surface area (Å²) in [6, 6.07) is 52.4. The number of benzene rings is 7. The molecule has 2 heteroatoms. The molecular formula is C39H24N2. The van der Waals surface area contributed by atoms with Crippen molar-refractivity contribution in [1.82, 2.24) is 9.55 Å². The van der Waals surface area contributed by atoms with Crippen LogP contribution in [0.3, 0.4) is 0 Å². The molecule has 9 rings (SSSR count). The number of pyridine rings is 1. The fourth-order valence-electron chi connectivity index (χ4n) is 6.75. The third-order valence-electron chi connectivity index (χ3n) is 8.56. The zero-order valence-corrected chi connectivity index (χ0v) is 22.3. The van der Waals surface area contributed by atoms with Gasteiger partial charge in [-0.25, -0.2) is 4.98 Å². The highest BCUT2D eigenvalue weighted by Crippen LogP contribution is 2.42. The van der Waals surface area contributed by atoms with Gasteiger partial charge < -0.3 is 0 Å². The molecule has 0 aliphatic carbocycles. The zero-order chi connectivity index (χ0) is 26.9. The minimum absolute atomic E-state index is 0.928.